The summed E-state index contributed by atoms with van der Waals surface area (Å²) < 4.78 is 28.5. The first-order valence-corrected chi connectivity index (χ1v) is 5.65. The van der Waals surface area contributed by atoms with Gasteiger partial charge < -0.3 is 0 Å². The van der Waals surface area contributed by atoms with Gasteiger partial charge in [-0.25, -0.2) is 0 Å². The molecule has 0 amide bonds. The van der Waals surface area contributed by atoms with Gasteiger partial charge in [-0.05, 0) is 24.9 Å². The van der Waals surface area contributed by atoms with Crippen LogP contribution >= 0.6 is 11.8 Å². The molecule has 0 aromatic carbocycles. The highest BCUT2D eigenvalue weighted by molar-refractivity contribution is 7.99. The van der Waals surface area contributed by atoms with Crippen LogP contribution in [0.3, 0.4) is 0 Å². The van der Waals surface area contributed by atoms with Crippen LogP contribution < -0.4 is 0 Å². The Kier molecular flexibility index (Phi) is 5.11. The fraction of sp³-hybridized carbons (Fsp3) is 0.800. The first-order valence-electron chi connectivity index (χ1n) is 2.88. The van der Waals surface area contributed by atoms with Crippen LogP contribution in [0.2, 0.25) is 0 Å². The van der Waals surface area contributed by atoms with Gasteiger partial charge in [0.15, 0.2) is 0 Å². The molecule has 0 heterocycles. The summed E-state index contributed by atoms with van der Waals surface area (Å²) >= 11 is 1.56. The number of hydrogen-bond acceptors (Lipinski definition) is 3. The van der Waals surface area contributed by atoms with Gasteiger partial charge >= 0.3 is 0 Å². The molecule has 0 rings (SSSR count). The lowest BCUT2D eigenvalue weighted by Gasteiger charge is -1.95. The average Bonchev–Trinajstić information content (AvgIpc) is 1.78. The van der Waals surface area contributed by atoms with E-state index in [0.29, 0.717) is 6.42 Å². The maximum Gasteiger partial charge on any atom is 0.264 e. The van der Waals surface area contributed by atoms with E-state index in [9.17, 15) is 8.42 Å². The van der Waals surface area contributed by atoms with Gasteiger partial charge in [-0.1, -0.05) is 0 Å². The lowest BCUT2D eigenvalue weighted by atomic mass is 10.6. The van der Waals surface area contributed by atoms with Crippen molar-refractivity contribution in [3.8, 4) is 0 Å². The summed E-state index contributed by atoms with van der Waals surface area (Å²) in [5.41, 5.74) is 0. The van der Waals surface area contributed by atoms with Gasteiger partial charge in [-0.2, -0.15) is 20.2 Å². The fourth-order valence-corrected chi connectivity index (χ4v) is 1.69. The van der Waals surface area contributed by atoms with Crippen LogP contribution in [0.1, 0.15) is 6.42 Å². The van der Waals surface area contributed by atoms with E-state index in [1.807, 2.05) is 0 Å². The van der Waals surface area contributed by atoms with Crippen LogP contribution in [0.15, 0.2) is 0 Å². The molecule has 0 aliphatic rings. The number of thioether (sulfide) groups is 1. The van der Waals surface area contributed by atoms with E-state index in [0.717, 1.165) is 11.5 Å². The van der Waals surface area contributed by atoms with Crippen molar-refractivity contribution in [3.63, 3.8) is 0 Å². The molecule has 0 bridgehead atoms. The molecule has 0 aliphatic carbocycles. The maximum absolute atomic E-state index is 10.1. The van der Waals surface area contributed by atoms with Crippen molar-refractivity contribution in [1.29, 1.82) is 0 Å². The second kappa shape index (κ2) is 4.98. The molecule has 3 nitrogen and oxygen atoms in total. The molecule has 0 atom stereocenters. The van der Waals surface area contributed by atoms with Gasteiger partial charge in [0.05, 0.1) is 5.75 Å². The average molecular weight is 183 g/mol. The summed E-state index contributed by atoms with van der Waals surface area (Å²) in [6.07, 6.45) is 0.499. The van der Waals surface area contributed by atoms with Gasteiger partial charge in [0, 0.05) is 0 Å². The third kappa shape index (κ3) is 8.26. The normalized spacial score (nSPS) is 11.8. The summed E-state index contributed by atoms with van der Waals surface area (Å²) in [5, 5.41) is 0. The molecule has 1 radical (unpaired) electrons. The quantitative estimate of drug-likeness (QED) is 0.506. The lowest BCUT2D eigenvalue weighted by molar-refractivity contribution is 0.482. The Labute approximate surface area is 66.0 Å². The van der Waals surface area contributed by atoms with Crippen LogP contribution in [0.5, 0.6) is 0 Å². The molecule has 5 heteroatoms. The Bertz CT molecular complexity index is 162. The van der Waals surface area contributed by atoms with Crippen LogP contribution in [0.4, 0.5) is 0 Å². The molecule has 0 unspecified atom stereocenters. The van der Waals surface area contributed by atoms with Crippen LogP contribution in [-0.2, 0) is 10.1 Å². The highest BCUT2D eigenvalue weighted by atomic mass is 32.2. The summed E-state index contributed by atoms with van der Waals surface area (Å²) in [4.78, 5) is 0. The van der Waals surface area contributed by atoms with E-state index in [-0.39, 0.29) is 5.75 Å². The van der Waals surface area contributed by atoms with E-state index in [1.54, 1.807) is 11.8 Å². The molecular weight excluding hydrogens is 172 g/mol. The zero-order valence-corrected chi connectivity index (χ0v) is 7.25. The van der Waals surface area contributed by atoms with E-state index in [4.69, 9.17) is 4.55 Å². The SMILES string of the molecule is [CH2]CSCCCS(=O)(=O)O. The second-order valence-electron chi connectivity index (χ2n) is 1.75. The van der Waals surface area contributed by atoms with Crippen molar-refractivity contribution < 1.29 is 13.0 Å². The second-order valence-corrected chi connectivity index (χ2v) is 4.55. The first-order chi connectivity index (χ1) is 4.56. The third-order valence-electron chi connectivity index (χ3n) is 0.835. The molecule has 0 saturated carbocycles. The van der Waals surface area contributed by atoms with E-state index < -0.39 is 10.1 Å². The van der Waals surface area contributed by atoms with Gasteiger partial charge in [0.2, 0.25) is 0 Å². The van der Waals surface area contributed by atoms with Crippen molar-refractivity contribution in [3.05, 3.63) is 6.92 Å². The maximum atomic E-state index is 10.1. The molecule has 1 N–H and O–H groups in total. The summed E-state index contributed by atoms with van der Waals surface area (Å²) in [5.74, 6) is 1.34. The monoisotopic (exact) mass is 183 g/mol. The molecule has 0 aromatic rings. The molecule has 0 aliphatic heterocycles. The lowest BCUT2D eigenvalue weighted by Crippen LogP contribution is -2.04. The van der Waals surface area contributed by atoms with Crippen LogP contribution in [0, 0.1) is 6.92 Å². The Hall–Kier alpha value is 0.260. The first kappa shape index (κ1) is 10.3. The number of hydrogen-bond donors (Lipinski definition) is 1. The van der Waals surface area contributed by atoms with Crippen LogP contribution in [0.25, 0.3) is 0 Å². The van der Waals surface area contributed by atoms with Crippen molar-refractivity contribution in [2.45, 2.75) is 6.42 Å². The topological polar surface area (TPSA) is 54.4 Å². The van der Waals surface area contributed by atoms with E-state index >= 15 is 0 Å². The van der Waals surface area contributed by atoms with Crippen molar-refractivity contribution in [2.75, 3.05) is 17.3 Å². The molecule has 10 heavy (non-hydrogen) atoms. The van der Waals surface area contributed by atoms with Gasteiger partial charge in [-0.3, -0.25) is 4.55 Å². The number of rotatable bonds is 5. The van der Waals surface area contributed by atoms with Gasteiger partial charge in [0.25, 0.3) is 10.1 Å². The Morgan fingerprint density at radius 3 is 2.50 bits per heavy atom. The molecule has 0 saturated heterocycles. The Morgan fingerprint density at radius 1 is 1.50 bits per heavy atom. The van der Waals surface area contributed by atoms with Crippen molar-refractivity contribution >= 4 is 21.9 Å². The molecule has 61 valence electrons. The minimum Gasteiger partial charge on any atom is -0.286 e. The zero-order chi connectivity index (χ0) is 8.04. The van der Waals surface area contributed by atoms with Gasteiger partial charge in [-0.15, -0.1) is 0 Å². The largest absolute Gasteiger partial charge is 0.286 e. The fourth-order valence-electron chi connectivity index (χ4n) is 0.445. The van der Waals surface area contributed by atoms with E-state index in [2.05, 4.69) is 6.92 Å². The molecule has 0 aromatic heterocycles. The third-order valence-corrected chi connectivity index (χ3v) is 2.51. The predicted molar refractivity (Wildman–Crippen MR) is 43.7 cm³/mol. The minimum atomic E-state index is -3.74. The van der Waals surface area contributed by atoms with Crippen molar-refractivity contribution in [2.24, 2.45) is 0 Å². The van der Waals surface area contributed by atoms with Crippen LogP contribution in [-0.4, -0.2) is 30.2 Å². The molecule has 0 spiro atoms. The molecular formula is C5H11O3S2. The Balaban J connectivity index is 3.21. The van der Waals surface area contributed by atoms with E-state index in [1.165, 1.54) is 0 Å². The standard InChI is InChI=1S/C5H11O3S2/c1-2-9-4-3-5-10(6,7)8/h1-5H2,(H,6,7,8). The summed E-state index contributed by atoms with van der Waals surface area (Å²) in [6.45, 7) is 3.57. The summed E-state index contributed by atoms with van der Waals surface area (Å²) in [7, 11) is -3.74. The van der Waals surface area contributed by atoms with Crippen molar-refractivity contribution in [1.82, 2.24) is 0 Å². The van der Waals surface area contributed by atoms with Gasteiger partial charge in [0.1, 0.15) is 0 Å². The molecule has 0 fully saturated rings. The Morgan fingerprint density at radius 2 is 2.10 bits per heavy atom. The predicted octanol–water partition coefficient (Wildman–Crippen LogP) is 0.832. The zero-order valence-electron chi connectivity index (χ0n) is 5.62. The smallest absolute Gasteiger partial charge is 0.264 e. The minimum absolute atomic E-state index is 0.139. The highest BCUT2D eigenvalue weighted by Gasteiger charge is 2.01. The highest BCUT2D eigenvalue weighted by Crippen LogP contribution is 2.01. The summed E-state index contributed by atoms with van der Waals surface area (Å²) in [6, 6.07) is 0.